The van der Waals surface area contributed by atoms with Gasteiger partial charge in [-0.25, -0.2) is 17.5 Å². The Kier molecular flexibility index (Phi) is 6.06. The van der Waals surface area contributed by atoms with E-state index in [0.717, 1.165) is 12.8 Å². The van der Waals surface area contributed by atoms with Gasteiger partial charge in [-0.2, -0.15) is 0 Å². The standard InChI is InChI=1S/C22H22FN3O4S/c23-20-4-2-1-3-19(20)21-13-9-17(30-21)10-14-22(27)25-24-15-7-11-18(12-8-15)31(28,29)26-16-5-6-16/h1-4,7-9,11-13,16,24,26H,5-6,10,14H2,(H,25,27). The Morgan fingerprint density at radius 2 is 1.77 bits per heavy atom. The number of sulfonamides is 1. The van der Waals surface area contributed by atoms with E-state index in [0.29, 0.717) is 29.2 Å². The highest BCUT2D eigenvalue weighted by atomic mass is 32.2. The van der Waals surface area contributed by atoms with E-state index < -0.39 is 10.0 Å². The van der Waals surface area contributed by atoms with E-state index >= 15 is 0 Å². The second-order valence-corrected chi connectivity index (χ2v) is 9.05. The molecule has 0 saturated heterocycles. The van der Waals surface area contributed by atoms with E-state index in [9.17, 15) is 17.6 Å². The third kappa shape index (κ3) is 5.50. The molecule has 1 amide bonds. The van der Waals surface area contributed by atoms with E-state index in [-0.39, 0.29) is 29.1 Å². The largest absolute Gasteiger partial charge is 0.461 e. The van der Waals surface area contributed by atoms with Gasteiger partial charge in [0.05, 0.1) is 16.1 Å². The van der Waals surface area contributed by atoms with Crippen molar-refractivity contribution < 1.29 is 22.0 Å². The third-order valence-corrected chi connectivity index (χ3v) is 6.35. The number of hydrazine groups is 1. The summed E-state index contributed by atoms with van der Waals surface area (Å²) in [5.41, 5.74) is 6.24. The maximum Gasteiger partial charge on any atom is 0.240 e. The molecule has 0 bridgehead atoms. The Bertz CT molecular complexity index is 1170. The predicted octanol–water partition coefficient (Wildman–Crippen LogP) is 3.60. The minimum absolute atomic E-state index is 0.0408. The molecule has 9 heteroatoms. The van der Waals surface area contributed by atoms with Crippen LogP contribution < -0.4 is 15.6 Å². The number of anilines is 1. The molecule has 1 aliphatic carbocycles. The summed E-state index contributed by atoms with van der Waals surface area (Å²) in [5.74, 6) is 0.354. The SMILES string of the molecule is O=C(CCc1ccc(-c2ccccc2F)o1)NNc1ccc(S(=O)(=O)NC2CC2)cc1. The van der Waals surface area contributed by atoms with E-state index in [1.54, 1.807) is 42.5 Å². The monoisotopic (exact) mass is 443 g/mol. The van der Waals surface area contributed by atoms with E-state index in [1.807, 2.05) is 0 Å². The number of rotatable bonds is 9. The van der Waals surface area contributed by atoms with Crippen molar-refractivity contribution in [2.45, 2.75) is 36.6 Å². The molecule has 1 saturated carbocycles. The Morgan fingerprint density at radius 1 is 1.03 bits per heavy atom. The van der Waals surface area contributed by atoms with Gasteiger partial charge in [-0.05, 0) is 61.4 Å². The summed E-state index contributed by atoms with van der Waals surface area (Å²) in [6.07, 6.45) is 2.25. The van der Waals surface area contributed by atoms with Gasteiger partial charge in [0.1, 0.15) is 17.3 Å². The molecular weight excluding hydrogens is 421 g/mol. The predicted molar refractivity (Wildman–Crippen MR) is 114 cm³/mol. The summed E-state index contributed by atoms with van der Waals surface area (Å²) in [6, 6.07) is 15.9. The number of hydrogen-bond acceptors (Lipinski definition) is 5. The van der Waals surface area contributed by atoms with Crippen molar-refractivity contribution in [2.24, 2.45) is 0 Å². The first-order chi connectivity index (χ1) is 14.9. The summed E-state index contributed by atoms with van der Waals surface area (Å²) in [6.45, 7) is 0. The van der Waals surface area contributed by atoms with Crippen molar-refractivity contribution in [3.05, 3.63) is 72.2 Å². The molecule has 162 valence electrons. The fraction of sp³-hybridized carbons (Fsp3) is 0.227. The number of halogens is 1. The summed E-state index contributed by atoms with van der Waals surface area (Å²) >= 11 is 0. The first-order valence-corrected chi connectivity index (χ1v) is 11.4. The zero-order valence-electron chi connectivity index (χ0n) is 16.6. The molecule has 0 radical (unpaired) electrons. The van der Waals surface area contributed by atoms with Gasteiger partial charge in [0, 0.05) is 18.9 Å². The van der Waals surface area contributed by atoms with Crippen LogP contribution in [-0.2, 0) is 21.2 Å². The number of amides is 1. The molecule has 7 nitrogen and oxygen atoms in total. The molecule has 3 N–H and O–H groups in total. The maximum absolute atomic E-state index is 13.8. The van der Waals surface area contributed by atoms with Gasteiger partial charge in [0.2, 0.25) is 15.9 Å². The van der Waals surface area contributed by atoms with Crippen molar-refractivity contribution in [2.75, 3.05) is 5.43 Å². The molecule has 2 aromatic carbocycles. The number of benzene rings is 2. The number of aryl methyl sites for hydroxylation is 1. The van der Waals surface area contributed by atoms with Gasteiger partial charge in [0.15, 0.2) is 0 Å². The highest BCUT2D eigenvalue weighted by Gasteiger charge is 2.27. The Balaban J connectivity index is 1.26. The second-order valence-electron chi connectivity index (χ2n) is 7.34. The topological polar surface area (TPSA) is 100 Å². The van der Waals surface area contributed by atoms with Crippen LogP contribution in [0, 0.1) is 5.82 Å². The Labute approximate surface area is 179 Å². The summed E-state index contributed by atoms with van der Waals surface area (Å²) in [5, 5.41) is 0. The Morgan fingerprint density at radius 3 is 2.48 bits per heavy atom. The van der Waals surface area contributed by atoms with Crippen LogP contribution in [0.15, 0.2) is 70.0 Å². The van der Waals surface area contributed by atoms with Gasteiger partial charge >= 0.3 is 0 Å². The number of carbonyl (C=O) groups excluding carboxylic acids is 1. The van der Waals surface area contributed by atoms with Crippen molar-refractivity contribution in [3.63, 3.8) is 0 Å². The van der Waals surface area contributed by atoms with Crippen LogP contribution in [0.3, 0.4) is 0 Å². The summed E-state index contributed by atoms with van der Waals surface area (Å²) < 4.78 is 46.4. The number of furan rings is 1. The van der Waals surface area contributed by atoms with Gasteiger partial charge in [0.25, 0.3) is 0 Å². The molecule has 0 spiro atoms. The van der Waals surface area contributed by atoms with E-state index in [1.165, 1.54) is 18.2 Å². The zero-order chi connectivity index (χ0) is 21.8. The molecule has 0 aliphatic heterocycles. The van der Waals surface area contributed by atoms with Gasteiger partial charge in [-0.3, -0.25) is 15.6 Å². The molecule has 3 aromatic rings. The lowest BCUT2D eigenvalue weighted by atomic mass is 10.1. The minimum Gasteiger partial charge on any atom is -0.461 e. The summed E-state index contributed by atoms with van der Waals surface area (Å²) in [7, 11) is -3.50. The lowest BCUT2D eigenvalue weighted by Crippen LogP contribution is -2.29. The van der Waals surface area contributed by atoms with Crippen LogP contribution in [0.25, 0.3) is 11.3 Å². The average molecular weight is 444 g/mol. The number of nitrogens with one attached hydrogen (secondary N) is 3. The third-order valence-electron chi connectivity index (χ3n) is 4.81. The molecule has 31 heavy (non-hydrogen) atoms. The van der Waals surface area contributed by atoms with Crippen molar-refractivity contribution in [3.8, 4) is 11.3 Å². The molecule has 0 unspecified atom stereocenters. The highest BCUT2D eigenvalue weighted by molar-refractivity contribution is 7.89. The van der Waals surface area contributed by atoms with Crippen LogP contribution >= 0.6 is 0 Å². The molecule has 1 fully saturated rings. The molecular formula is C22H22FN3O4S. The number of carbonyl (C=O) groups is 1. The quantitative estimate of drug-likeness (QED) is 0.439. The van der Waals surface area contributed by atoms with Crippen LogP contribution in [0.4, 0.5) is 10.1 Å². The van der Waals surface area contributed by atoms with Crippen molar-refractivity contribution in [1.82, 2.24) is 10.1 Å². The van der Waals surface area contributed by atoms with Crippen molar-refractivity contribution in [1.29, 1.82) is 0 Å². The first kappa shape index (κ1) is 21.1. The molecule has 1 aromatic heterocycles. The fourth-order valence-electron chi connectivity index (χ4n) is 2.97. The molecule has 1 heterocycles. The maximum atomic E-state index is 13.8. The highest BCUT2D eigenvalue weighted by Crippen LogP contribution is 2.25. The minimum atomic E-state index is -3.50. The van der Waals surface area contributed by atoms with Crippen LogP contribution in [0.5, 0.6) is 0 Å². The smallest absolute Gasteiger partial charge is 0.240 e. The van der Waals surface area contributed by atoms with Crippen LogP contribution in [-0.4, -0.2) is 20.4 Å². The molecule has 1 aliphatic rings. The first-order valence-electron chi connectivity index (χ1n) is 9.91. The zero-order valence-corrected chi connectivity index (χ0v) is 17.4. The van der Waals surface area contributed by atoms with Crippen LogP contribution in [0.2, 0.25) is 0 Å². The molecule has 4 rings (SSSR count). The normalized spacial score (nSPS) is 13.7. The fourth-order valence-corrected chi connectivity index (χ4v) is 4.27. The second kappa shape index (κ2) is 8.91. The number of hydrogen-bond donors (Lipinski definition) is 3. The van der Waals surface area contributed by atoms with Gasteiger partial charge in [-0.1, -0.05) is 12.1 Å². The average Bonchev–Trinajstić information content (AvgIpc) is 3.43. The van der Waals surface area contributed by atoms with Crippen LogP contribution in [0.1, 0.15) is 25.0 Å². The van der Waals surface area contributed by atoms with Crippen molar-refractivity contribution >= 4 is 21.6 Å². The lowest BCUT2D eigenvalue weighted by molar-refractivity contribution is -0.120. The van der Waals surface area contributed by atoms with E-state index in [4.69, 9.17) is 4.42 Å². The van der Waals surface area contributed by atoms with Gasteiger partial charge < -0.3 is 4.42 Å². The Hall–Kier alpha value is -3.17. The lowest BCUT2D eigenvalue weighted by Gasteiger charge is -2.10. The van der Waals surface area contributed by atoms with Gasteiger partial charge in [-0.15, -0.1) is 0 Å². The summed E-state index contributed by atoms with van der Waals surface area (Å²) in [4.78, 5) is 12.3. The molecule has 0 atom stereocenters. The van der Waals surface area contributed by atoms with E-state index in [2.05, 4.69) is 15.6 Å².